The van der Waals surface area contributed by atoms with Gasteiger partial charge in [-0.15, -0.1) is 0 Å². The van der Waals surface area contributed by atoms with Gasteiger partial charge in [-0.05, 0) is 19.3 Å². The van der Waals surface area contributed by atoms with E-state index in [4.69, 9.17) is 15.2 Å². The Morgan fingerprint density at radius 3 is 2.94 bits per heavy atom. The maximum absolute atomic E-state index is 5.69. The summed E-state index contributed by atoms with van der Waals surface area (Å²) in [7, 11) is 0. The molecule has 0 bridgehead atoms. The molecular weight excluding hydrogens is 218 g/mol. The Morgan fingerprint density at radius 1 is 1.41 bits per heavy atom. The van der Waals surface area contributed by atoms with E-state index in [-0.39, 0.29) is 0 Å². The van der Waals surface area contributed by atoms with E-state index in [1.165, 1.54) is 12.8 Å². The Balaban J connectivity index is 1.87. The Kier molecular flexibility index (Phi) is 4.14. The third kappa shape index (κ3) is 4.19. The van der Waals surface area contributed by atoms with E-state index in [1.54, 1.807) is 6.07 Å². The van der Waals surface area contributed by atoms with E-state index < -0.39 is 0 Å². The summed E-state index contributed by atoms with van der Waals surface area (Å²) in [6, 6.07) is 1.66. The van der Waals surface area contributed by atoms with Gasteiger partial charge in [0.15, 0.2) is 5.82 Å². The highest BCUT2D eigenvalue weighted by molar-refractivity contribution is 5.32. The molecule has 1 aromatic heterocycles. The SMILES string of the molecule is CCOCc1nc(N)cc(OCCC2CC2)n1. The molecule has 1 aliphatic carbocycles. The van der Waals surface area contributed by atoms with Crippen molar-refractivity contribution in [3.8, 4) is 5.88 Å². The molecule has 0 aliphatic heterocycles. The monoisotopic (exact) mass is 237 g/mol. The zero-order chi connectivity index (χ0) is 12.1. The molecule has 2 N–H and O–H groups in total. The molecule has 0 atom stereocenters. The standard InChI is InChI=1S/C12H19N3O2/c1-2-16-8-11-14-10(13)7-12(15-11)17-6-5-9-3-4-9/h7,9H,2-6,8H2,1H3,(H2,13,14,15). The van der Waals surface area contributed by atoms with Crippen LogP contribution in [-0.4, -0.2) is 23.2 Å². The van der Waals surface area contributed by atoms with Crippen LogP contribution in [0.4, 0.5) is 5.82 Å². The predicted octanol–water partition coefficient (Wildman–Crippen LogP) is 1.77. The fourth-order valence-electron chi connectivity index (χ4n) is 1.56. The van der Waals surface area contributed by atoms with Gasteiger partial charge in [0.2, 0.25) is 5.88 Å². The summed E-state index contributed by atoms with van der Waals surface area (Å²) >= 11 is 0. The third-order valence-corrected chi connectivity index (χ3v) is 2.68. The van der Waals surface area contributed by atoms with Gasteiger partial charge in [-0.25, -0.2) is 4.98 Å². The second kappa shape index (κ2) is 5.82. The number of hydrogen-bond donors (Lipinski definition) is 1. The summed E-state index contributed by atoms with van der Waals surface area (Å²) in [6.45, 7) is 3.64. The number of rotatable bonds is 7. The van der Waals surface area contributed by atoms with Crippen LogP contribution in [0.1, 0.15) is 32.0 Å². The zero-order valence-electron chi connectivity index (χ0n) is 10.2. The van der Waals surface area contributed by atoms with Crippen molar-refractivity contribution in [3.05, 3.63) is 11.9 Å². The maximum atomic E-state index is 5.69. The van der Waals surface area contributed by atoms with Crippen molar-refractivity contribution < 1.29 is 9.47 Å². The molecule has 1 aromatic rings. The summed E-state index contributed by atoms with van der Waals surface area (Å²) in [5, 5.41) is 0. The van der Waals surface area contributed by atoms with E-state index in [0.29, 0.717) is 37.3 Å². The van der Waals surface area contributed by atoms with Crippen molar-refractivity contribution in [3.63, 3.8) is 0 Å². The van der Waals surface area contributed by atoms with E-state index in [9.17, 15) is 0 Å². The Labute approximate surface area is 101 Å². The van der Waals surface area contributed by atoms with Gasteiger partial charge in [-0.2, -0.15) is 4.98 Å². The number of aromatic nitrogens is 2. The Morgan fingerprint density at radius 2 is 2.24 bits per heavy atom. The third-order valence-electron chi connectivity index (χ3n) is 2.68. The van der Waals surface area contributed by atoms with E-state index in [1.807, 2.05) is 6.92 Å². The number of nitrogen functional groups attached to an aromatic ring is 1. The summed E-state index contributed by atoms with van der Waals surface area (Å²) in [6.07, 6.45) is 3.78. The minimum absolute atomic E-state index is 0.376. The van der Waals surface area contributed by atoms with Crippen molar-refractivity contribution in [1.29, 1.82) is 0 Å². The van der Waals surface area contributed by atoms with Crippen LogP contribution >= 0.6 is 0 Å². The molecule has 0 spiro atoms. The van der Waals surface area contributed by atoms with Crippen LogP contribution in [0.3, 0.4) is 0 Å². The Hall–Kier alpha value is -1.36. The molecule has 17 heavy (non-hydrogen) atoms. The molecule has 2 rings (SSSR count). The molecule has 1 heterocycles. The lowest BCUT2D eigenvalue weighted by Crippen LogP contribution is -2.06. The molecule has 1 saturated carbocycles. The van der Waals surface area contributed by atoms with Crippen LogP contribution in [0.2, 0.25) is 0 Å². The number of anilines is 1. The largest absolute Gasteiger partial charge is 0.478 e. The molecule has 5 heteroatoms. The number of nitrogens with two attached hydrogens (primary N) is 1. The maximum Gasteiger partial charge on any atom is 0.218 e. The molecule has 5 nitrogen and oxygen atoms in total. The summed E-state index contributed by atoms with van der Waals surface area (Å²) in [4.78, 5) is 8.34. The van der Waals surface area contributed by atoms with Crippen molar-refractivity contribution >= 4 is 5.82 Å². The van der Waals surface area contributed by atoms with Crippen LogP contribution in [0.15, 0.2) is 6.07 Å². The highest BCUT2D eigenvalue weighted by Gasteiger charge is 2.20. The minimum Gasteiger partial charge on any atom is -0.478 e. The fraction of sp³-hybridized carbons (Fsp3) is 0.667. The lowest BCUT2D eigenvalue weighted by atomic mass is 10.3. The first-order valence-corrected chi connectivity index (χ1v) is 6.12. The van der Waals surface area contributed by atoms with Gasteiger partial charge in [-0.1, -0.05) is 12.8 Å². The first-order valence-electron chi connectivity index (χ1n) is 6.12. The molecule has 0 amide bonds. The summed E-state index contributed by atoms with van der Waals surface area (Å²) < 4.78 is 10.8. The quantitative estimate of drug-likeness (QED) is 0.782. The highest BCUT2D eigenvalue weighted by Crippen LogP contribution is 2.32. The number of nitrogens with zero attached hydrogens (tertiary/aromatic N) is 2. The molecular formula is C12H19N3O2. The summed E-state index contributed by atoms with van der Waals surface area (Å²) in [5.74, 6) is 2.41. The summed E-state index contributed by atoms with van der Waals surface area (Å²) in [5.41, 5.74) is 5.69. The van der Waals surface area contributed by atoms with Crippen molar-refractivity contribution in [2.45, 2.75) is 32.8 Å². The highest BCUT2D eigenvalue weighted by atomic mass is 16.5. The van der Waals surface area contributed by atoms with Gasteiger partial charge in [0.05, 0.1) is 6.61 Å². The molecule has 1 aliphatic rings. The van der Waals surface area contributed by atoms with Crippen LogP contribution in [0, 0.1) is 5.92 Å². The average Bonchev–Trinajstić information content (AvgIpc) is 3.10. The molecule has 0 aromatic carbocycles. The predicted molar refractivity (Wildman–Crippen MR) is 64.6 cm³/mol. The second-order valence-electron chi connectivity index (χ2n) is 4.26. The van der Waals surface area contributed by atoms with Gasteiger partial charge in [0.1, 0.15) is 12.4 Å². The minimum atomic E-state index is 0.376. The lowest BCUT2D eigenvalue weighted by Gasteiger charge is -2.07. The first kappa shape index (κ1) is 12.1. The van der Waals surface area contributed by atoms with E-state index >= 15 is 0 Å². The van der Waals surface area contributed by atoms with Crippen LogP contribution in [-0.2, 0) is 11.3 Å². The molecule has 0 unspecified atom stereocenters. The van der Waals surface area contributed by atoms with Gasteiger partial charge < -0.3 is 15.2 Å². The molecule has 1 fully saturated rings. The second-order valence-corrected chi connectivity index (χ2v) is 4.26. The van der Waals surface area contributed by atoms with E-state index in [2.05, 4.69) is 9.97 Å². The molecule has 94 valence electrons. The van der Waals surface area contributed by atoms with Gasteiger partial charge >= 0.3 is 0 Å². The van der Waals surface area contributed by atoms with Crippen molar-refractivity contribution in [2.24, 2.45) is 5.92 Å². The van der Waals surface area contributed by atoms with Crippen LogP contribution < -0.4 is 10.5 Å². The normalized spacial score (nSPS) is 14.9. The first-order chi connectivity index (χ1) is 8.28. The smallest absolute Gasteiger partial charge is 0.218 e. The van der Waals surface area contributed by atoms with Gasteiger partial charge in [-0.3, -0.25) is 0 Å². The van der Waals surface area contributed by atoms with Crippen molar-refractivity contribution in [1.82, 2.24) is 9.97 Å². The number of ether oxygens (including phenoxy) is 2. The lowest BCUT2D eigenvalue weighted by molar-refractivity contribution is 0.127. The average molecular weight is 237 g/mol. The van der Waals surface area contributed by atoms with Gasteiger partial charge in [0.25, 0.3) is 0 Å². The van der Waals surface area contributed by atoms with Crippen LogP contribution in [0.25, 0.3) is 0 Å². The number of hydrogen-bond acceptors (Lipinski definition) is 5. The topological polar surface area (TPSA) is 70.3 Å². The van der Waals surface area contributed by atoms with E-state index in [0.717, 1.165) is 12.3 Å². The zero-order valence-corrected chi connectivity index (χ0v) is 10.2. The van der Waals surface area contributed by atoms with Crippen molar-refractivity contribution in [2.75, 3.05) is 18.9 Å². The Bertz CT molecular complexity index is 367. The molecule has 0 saturated heterocycles. The fourth-order valence-corrected chi connectivity index (χ4v) is 1.56. The van der Waals surface area contributed by atoms with Crippen LogP contribution in [0.5, 0.6) is 5.88 Å². The molecule has 0 radical (unpaired) electrons. The van der Waals surface area contributed by atoms with Gasteiger partial charge in [0, 0.05) is 12.7 Å².